The zero-order chi connectivity index (χ0) is 64.6. The number of amides is 3. The van der Waals surface area contributed by atoms with Crippen LogP contribution >= 0.6 is 11.3 Å². The van der Waals surface area contributed by atoms with E-state index in [1.54, 1.807) is 61.7 Å². The number of carboxylic acids is 2. The zero-order valence-corrected chi connectivity index (χ0v) is 52.2. The number of aliphatic hydroxyl groups is 3. The number of carbonyl (C=O) groups is 5. The number of aliphatic carboxylic acids is 1. The number of hydrogen-bond donors (Lipinski definition) is 8. The van der Waals surface area contributed by atoms with Gasteiger partial charge >= 0.3 is 18.0 Å². The molecule has 91 heavy (non-hydrogen) atoms. The van der Waals surface area contributed by atoms with Crippen LogP contribution in [-0.2, 0) is 48.0 Å². The molecule has 25 nitrogen and oxygen atoms in total. The van der Waals surface area contributed by atoms with Crippen LogP contribution in [0.15, 0.2) is 79.0 Å². The minimum Gasteiger partial charge on any atom is -0.496 e. The van der Waals surface area contributed by atoms with E-state index >= 15 is 0 Å². The van der Waals surface area contributed by atoms with E-state index in [4.69, 9.17) is 44.2 Å². The number of nitrogens with one attached hydrogen (secondary N) is 2. The fourth-order valence-electron chi connectivity index (χ4n) is 15.4. The first-order valence-corrected chi connectivity index (χ1v) is 31.2. The molecule has 9 N–H and O–H groups in total. The number of aromatic carboxylic acids is 1. The number of aromatic nitrogens is 4. The van der Waals surface area contributed by atoms with Crippen LogP contribution in [0.3, 0.4) is 0 Å². The summed E-state index contributed by atoms with van der Waals surface area (Å²) in [5, 5.41) is 62.4. The molecule has 3 aromatic heterocycles. The summed E-state index contributed by atoms with van der Waals surface area (Å²) < 4.78 is 37.9. The fourth-order valence-corrected chi connectivity index (χ4v) is 16.3. The van der Waals surface area contributed by atoms with Crippen molar-refractivity contribution in [3.05, 3.63) is 113 Å². The topological polar surface area (TPSA) is 342 Å². The van der Waals surface area contributed by atoms with Crippen molar-refractivity contribution in [3.8, 4) is 22.6 Å². The Balaban J connectivity index is 0.741. The largest absolute Gasteiger partial charge is 0.496 e. The third kappa shape index (κ3) is 13.6. The van der Waals surface area contributed by atoms with Gasteiger partial charge in [0.15, 0.2) is 16.9 Å². The SMILES string of the molecule is COCCN(CCOC12CC3(C)CC(C)(CC(Cn4ncc(-c5ccc(N6CCc7c(OC)ccc(C(=O)Nc8nc9ccccc9s8)c7C6)nc5C(=O)O)c4C)(C3)C1)C2)C(=O)OCC=Cc1ccc(O[C@@H]2O[C@H](C(=O)O)[C@@H](O)[C@H](O)[C@H]2O)c(NC(=O)CCN)c1. The van der Waals surface area contributed by atoms with E-state index in [9.17, 15) is 49.5 Å². The summed E-state index contributed by atoms with van der Waals surface area (Å²) in [6, 6.07) is 19.4. The summed E-state index contributed by atoms with van der Waals surface area (Å²) in [5.74, 6) is -2.46. The average Bonchev–Trinajstić information content (AvgIpc) is 0.937. The van der Waals surface area contributed by atoms with Gasteiger partial charge in [0.2, 0.25) is 12.2 Å². The molecule has 5 heterocycles. The van der Waals surface area contributed by atoms with Gasteiger partial charge in [0.1, 0.15) is 42.2 Å². The monoisotopic (exact) mass is 1270 g/mol. The Bertz CT molecular complexity index is 3730. The Hall–Kier alpha value is -8.08. The standard InChI is InChI=1S/C65H77N9O16S/c1-37-42(40-14-17-49(70-51(40)57(80)81)73-21-19-39-43(29-73)41(13-16-46(39)86-5)56(79)71-60-69-44-10-6-7-11-48(44)91-60)28-67-74(37)36-64-31-62(2)30-63(3,32-64)34-65(33-62,35-64)88-26-23-72(22-25-85-4)61(84)87-24-8-9-38-12-15-47(45(27-38)68-50(75)18-20-66)89-59-54(78)52(76)53(77)55(90-59)58(82)83/h6-17,27-28,52-55,59,76-78H,18-26,29-36,66H2,1-5H3,(H,68,75)(H,80,81)(H,82,83)(H,69,71,79)/t52-,53-,54+,55-,59+,62?,63?,64?,65?/m0/s1. The van der Waals surface area contributed by atoms with Crippen LogP contribution < -0.4 is 30.7 Å². The Labute approximate surface area is 529 Å². The summed E-state index contributed by atoms with van der Waals surface area (Å²) in [7, 11) is 3.15. The normalized spacial score (nSPS) is 25.7. The number of rotatable bonds is 24. The summed E-state index contributed by atoms with van der Waals surface area (Å²) in [5.41, 5.74) is 10.3. The van der Waals surface area contributed by atoms with Gasteiger partial charge in [-0.2, -0.15) is 5.10 Å². The van der Waals surface area contributed by atoms with Gasteiger partial charge in [-0.05, 0) is 134 Å². The summed E-state index contributed by atoms with van der Waals surface area (Å²) >= 11 is 1.40. The molecule has 6 aliphatic rings. The number of aliphatic hydroxyl groups excluding tert-OH is 3. The van der Waals surface area contributed by atoms with Crippen molar-refractivity contribution < 1.29 is 77.9 Å². The van der Waals surface area contributed by atoms with Crippen LogP contribution in [0.2, 0.25) is 0 Å². The third-order valence-corrected chi connectivity index (χ3v) is 19.1. The summed E-state index contributed by atoms with van der Waals surface area (Å²) in [6.07, 6.45) is 1.06. The molecule has 4 aliphatic carbocycles. The van der Waals surface area contributed by atoms with E-state index in [0.717, 1.165) is 65.6 Å². The molecule has 4 bridgehead atoms. The summed E-state index contributed by atoms with van der Waals surface area (Å²) in [4.78, 5) is 78.2. The fraction of sp³-hybridized carbons (Fsp3) is 0.477. The molecule has 3 amide bonds. The number of methoxy groups -OCH3 is 2. The van der Waals surface area contributed by atoms with Gasteiger partial charge in [0, 0.05) is 80.7 Å². The highest BCUT2D eigenvalue weighted by Gasteiger charge is 2.66. The smallest absolute Gasteiger partial charge is 0.410 e. The second-order valence-electron chi connectivity index (χ2n) is 25.4. The second-order valence-corrected chi connectivity index (χ2v) is 26.5. The van der Waals surface area contributed by atoms with Crippen molar-refractivity contribution in [3.63, 3.8) is 0 Å². The molecular weight excluding hydrogens is 1190 g/mol. The van der Waals surface area contributed by atoms with Crippen molar-refractivity contribution in [2.75, 3.05) is 75.8 Å². The number of benzene rings is 3. The minimum atomic E-state index is -1.93. The number of carboxylic acid groups (broad SMARTS) is 2. The predicted octanol–water partition coefficient (Wildman–Crippen LogP) is 6.88. The van der Waals surface area contributed by atoms with Crippen molar-refractivity contribution in [1.29, 1.82) is 0 Å². The van der Waals surface area contributed by atoms with E-state index < -0.39 is 60.2 Å². The molecule has 2 unspecified atom stereocenters. The molecule has 5 fully saturated rings. The molecule has 484 valence electrons. The number of para-hydroxylation sites is 1. The van der Waals surface area contributed by atoms with Crippen molar-refractivity contribution in [2.45, 2.75) is 122 Å². The molecule has 6 aromatic rings. The maximum atomic E-state index is 13.9. The number of hydrogen-bond acceptors (Lipinski definition) is 20. The Morgan fingerprint density at radius 1 is 0.857 bits per heavy atom. The van der Waals surface area contributed by atoms with Gasteiger partial charge in [0.25, 0.3) is 5.91 Å². The number of carbonyl (C=O) groups excluding carboxylic acids is 3. The Morgan fingerprint density at radius 3 is 2.34 bits per heavy atom. The molecule has 0 radical (unpaired) electrons. The third-order valence-electron chi connectivity index (χ3n) is 18.2. The number of anilines is 3. The Morgan fingerprint density at radius 2 is 1.62 bits per heavy atom. The lowest BCUT2D eigenvalue weighted by atomic mass is 9.39. The zero-order valence-electron chi connectivity index (χ0n) is 51.4. The second kappa shape index (κ2) is 26.3. The van der Waals surface area contributed by atoms with Crippen LogP contribution in [0.1, 0.15) is 102 Å². The molecule has 1 saturated heterocycles. The molecular formula is C65H77N9O16S. The highest BCUT2D eigenvalue weighted by atomic mass is 32.1. The maximum Gasteiger partial charge on any atom is 0.410 e. The van der Waals surface area contributed by atoms with E-state index in [2.05, 4.69) is 29.5 Å². The van der Waals surface area contributed by atoms with Crippen molar-refractivity contribution >= 4 is 74.1 Å². The van der Waals surface area contributed by atoms with Gasteiger partial charge in [-0.1, -0.05) is 49.5 Å². The van der Waals surface area contributed by atoms with Crippen LogP contribution in [0.5, 0.6) is 11.5 Å². The maximum absolute atomic E-state index is 13.9. The molecule has 0 spiro atoms. The number of thiazole rings is 1. The number of nitrogens with two attached hydrogens (primary N) is 1. The first-order valence-electron chi connectivity index (χ1n) is 30.4. The number of ether oxygens (including phenoxy) is 6. The van der Waals surface area contributed by atoms with Crippen molar-refractivity contribution in [1.82, 2.24) is 24.6 Å². The van der Waals surface area contributed by atoms with Crippen LogP contribution in [0, 0.1) is 23.2 Å². The first-order chi connectivity index (χ1) is 43.5. The van der Waals surface area contributed by atoms with Crippen LogP contribution in [0.4, 0.5) is 21.4 Å². The molecule has 7 atom stereocenters. The lowest BCUT2D eigenvalue weighted by Gasteiger charge is -2.69. The Kier molecular flexibility index (Phi) is 18.6. The van der Waals surface area contributed by atoms with E-state index in [1.165, 1.54) is 23.5 Å². The quantitative estimate of drug-likeness (QED) is 0.0306. The molecule has 3 aromatic carbocycles. The minimum absolute atomic E-state index is 0.0260. The highest BCUT2D eigenvalue weighted by Crippen LogP contribution is 2.72. The van der Waals surface area contributed by atoms with Crippen molar-refractivity contribution in [2.24, 2.45) is 22.0 Å². The van der Waals surface area contributed by atoms with Gasteiger partial charge in [0.05, 0.1) is 48.0 Å². The van der Waals surface area contributed by atoms with Gasteiger partial charge in [-0.25, -0.2) is 24.4 Å². The lowest BCUT2D eigenvalue weighted by molar-refractivity contribution is -0.271. The lowest BCUT2D eigenvalue weighted by Crippen LogP contribution is -2.64. The molecule has 12 rings (SSSR count). The number of pyridine rings is 1. The number of nitrogens with zero attached hydrogens (tertiary/aromatic N) is 6. The molecule has 26 heteroatoms. The highest BCUT2D eigenvalue weighted by molar-refractivity contribution is 7.22. The van der Waals surface area contributed by atoms with Gasteiger partial charge in [-0.15, -0.1) is 0 Å². The van der Waals surface area contributed by atoms with E-state index in [-0.39, 0.29) is 91.7 Å². The van der Waals surface area contributed by atoms with Crippen LogP contribution in [-0.4, -0.2) is 177 Å². The van der Waals surface area contributed by atoms with E-state index in [1.807, 2.05) is 46.8 Å². The first kappa shape index (κ1) is 64.4. The van der Waals surface area contributed by atoms with E-state index in [0.29, 0.717) is 58.5 Å². The van der Waals surface area contributed by atoms with Crippen LogP contribution in [0.25, 0.3) is 27.4 Å². The van der Waals surface area contributed by atoms with Gasteiger partial charge in [-0.3, -0.25) is 19.6 Å². The van der Waals surface area contributed by atoms with Gasteiger partial charge < -0.3 is 74.8 Å². The summed E-state index contributed by atoms with van der Waals surface area (Å²) in [6.45, 7) is 8.95. The molecule has 2 aliphatic heterocycles. The average molecular weight is 1270 g/mol. The number of fused-ring (bicyclic) bond motifs is 2. The molecule has 4 saturated carbocycles. The predicted molar refractivity (Wildman–Crippen MR) is 335 cm³/mol.